The number of nitrogens with zero attached hydrogens (tertiary/aromatic N) is 2. The normalized spacial score (nSPS) is 21.6. The van der Waals surface area contributed by atoms with Crippen LogP contribution in [0.5, 0.6) is 0 Å². The number of imidazole rings is 1. The third-order valence-corrected chi connectivity index (χ3v) is 3.63. The molecule has 0 spiro atoms. The zero-order chi connectivity index (χ0) is 10.1. The second-order valence-corrected chi connectivity index (χ2v) is 4.87. The van der Waals surface area contributed by atoms with Crippen LogP contribution in [-0.2, 0) is 6.54 Å². The second-order valence-electron chi connectivity index (χ2n) is 4.87. The Bertz CT molecular complexity index is 323. The maximum atomic E-state index is 4.27. The predicted molar refractivity (Wildman–Crippen MR) is 59.8 cm³/mol. The van der Waals surface area contributed by atoms with Crippen molar-refractivity contribution in [1.29, 1.82) is 0 Å². The van der Waals surface area contributed by atoms with Crippen LogP contribution < -0.4 is 5.32 Å². The van der Waals surface area contributed by atoms with E-state index in [1.165, 1.54) is 37.8 Å². The van der Waals surface area contributed by atoms with Crippen molar-refractivity contribution in [3.05, 3.63) is 18.2 Å². The van der Waals surface area contributed by atoms with Gasteiger partial charge in [0.15, 0.2) is 0 Å². The Morgan fingerprint density at radius 2 is 2.20 bits per heavy atom. The molecule has 0 amide bonds. The first kappa shape index (κ1) is 9.40. The van der Waals surface area contributed by atoms with E-state index < -0.39 is 0 Å². The molecule has 2 fully saturated rings. The molecule has 0 unspecified atom stereocenters. The summed E-state index contributed by atoms with van der Waals surface area (Å²) in [7, 11) is 0. The summed E-state index contributed by atoms with van der Waals surface area (Å²) in [6, 6.07) is 0.820. The summed E-state index contributed by atoms with van der Waals surface area (Å²) in [6.45, 7) is 2.18. The van der Waals surface area contributed by atoms with Gasteiger partial charge in [0, 0.05) is 36.9 Å². The molecule has 0 atom stereocenters. The maximum absolute atomic E-state index is 4.27. The molecule has 3 nitrogen and oxygen atoms in total. The number of hydrogen-bond donors (Lipinski definition) is 1. The molecular formula is C12H19N3. The molecular weight excluding hydrogens is 186 g/mol. The highest BCUT2D eigenvalue weighted by Gasteiger charge is 2.23. The van der Waals surface area contributed by atoms with Crippen molar-refractivity contribution in [3.8, 4) is 0 Å². The lowest BCUT2D eigenvalue weighted by Gasteiger charge is -2.26. The average Bonchev–Trinajstić information content (AvgIpc) is 2.86. The van der Waals surface area contributed by atoms with E-state index in [0.717, 1.165) is 25.0 Å². The first-order chi connectivity index (χ1) is 7.43. The van der Waals surface area contributed by atoms with Crippen LogP contribution in [0.15, 0.2) is 12.5 Å². The number of hydrogen-bond acceptors (Lipinski definition) is 2. The highest BCUT2D eigenvalue weighted by molar-refractivity contribution is 5.09. The van der Waals surface area contributed by atoms with Crippen molar-refractivity contribution in [2.45, 2.75) is 50.6 Å². The summed E-state index contributed by atoms with van der Waals surface area (Å²) in [6.07, 6.45) is 10.9. The van der Waals surface area contributed by atoms with Gasteiger partial charge in [-0.3, -0.25) is 0 Å². The predicted octanol–water partition coefficient (Wildman–Crippen LogP) is 1.90. The summed E-state index contributed by atoms with van der Waals surface area (Å²) in [4.78, 5) is 4.27. The Balaban J connectivity index is 1.55. The average molecular weight is 205 g/mol. The highest BCUT2D eigenvalue weighted by atomic mass is 15.1. The van der Waals surface area contributed by atoms with Crippen molar-refractivity contribution in [1.82, 2.24) is 14.9 Å². The molecule has 1 N–H and O–H groups in total. The minimum Gasteiger partial charge on any atom is -0.333 e. The molecule has 1 aromatic rings. The van der Waals surface area contributed by atoms with E-state index in [1.54, 1.807) is 0 Å². The summed E-state index contributed by atoms with van der Waals surface area (Å²) < 4.78 is 2.33. The third-order valence-electron chi connectivity index (χ3n) is 3.63. The fourth-order valence-corrected chi connectivity index (χ4v) is 2.24. The zero-order valence-electron chi connectivity index (χ0n) is 9.15. The molecule has 0 radical (unpaired) electrons. The Kier molecular flexibility index (Phi) is 2.49. The number of aromatic nitrogens is 2. The standard InChI is InChI=1S/C12H19N3/c1-2-10(3-1)12-8-13-9-15(12)7-6-14-11-4-5-11/h8-11,14H,1-7H2. The third kappa shape index (κ3) is 2.07. The summed E-state index contributed by atoms with van der Waals surface area (Å²) in [5.74, 6) is 0.799. The van der Waals surface area contributed by atoms with Crippen molar-refractivity contribution >= 4 is 0 Å². The smallest absolute Gasteiger partial charge is 0.0948 e. The molecule has 3 heteroatoms. The summed E-state index contributed by atoms with van der Waals surface area (Å²) >= 11 is 0. The fourth-order valence-electron chi connectivity index (χ4n) is 2.24. The molecule has 82 valence electrons. The summed E-state index contributed by atoms with van der Waals surface area (Å²) in [5.41, 5.74) is 1.46. The first-order valence-corrected chi connectivity index (χ1v) is 6.17. The maximum Gasteiger partial charge on any atom is 0.0948 e. The molecule has 1 aromatic heterocycles. The Morgan fingerprint density at radius 3 is 2.87 bits per heavy atom. The molecule has 2 aliphatic rings. The van der Waals surface area contributed by atoms with Crippen LogP contribution in [0.3, 0.4) is 0 Å². The molecule has 2 saturated carbocycles. The van der Waals surface area contributed by atoms with E-state index in [1.807, 2.05) is 6.33 Å². The monoisotopic (exact) mass is 205 g/mol. The van der Waals surface area contributed by atoms with Gasteiger partial charge in [0.2, 0.25) is 0 Å². The van der Waals surface area contributed by atoms with Crippen molar-refractivity contribution in [2.24, 2.45) is 0 Å². The molecule has 1 heterocycles. The van der Waals surface area contributed by atoms with Gasteiger partial charge in [0.1, 0.15) is 0 Å². The van der Waals surface area contributed by atoms with Crippen LogP contribution >= 0.6 is 0 Å². The van der Waals surface area contributed by atoms with Crippen molar-refractivity contribution < 1.29 is 0 Å². The topological polar surface area (TPSA) is 29.9 Å². The largest absolute Gasteiger partial charge is 0.333 e. The van der Waals surface area contributed by atoms with Gasteiger partial charge in [-0.25, -0.2) is 4.98 Å². The minimum atomic E-state index is 0.799. The van der Waals surface area contributed by atoms with Crippen molar-refractivity contribution in [2.75, 3.05) is 6.54 Å². The lowest BCUT2D eigenvalue weighted by molar-refractivity contribution is 0.394. The molecule has 2 aliphatic carbocycles. The number of nitrogens with one attached hydrogen (secondary N) is 1. The van der Waals surface area contributed by atoms with E-state index in [-0.39, 0.29) is 0 Å². The molecule has 0 aromatic carbocycles. The van der Waals surface area contributed by atoms with E-state index in [2.05, 4.69) is 21.1 Å². The molecule has 0 saturated heterocycles. The Morgan fingerprint density at radius 1 is 1.33 bits per heavy atom. The van der Waals surface area contributed by atoms with Gasteiger partial charge in [0.25, 0.3) is 0 Å². The van der Waals surface area contributed by atoms with Crippen LogP contribution in [0.2, 0.25) is 0 Å². The van der Waals surface area contributed by atoms with Gasteiger partial charge < -0.3 is 9.88 Å². The van der Waals surface area contributed by atoms with Crippen LogP contribution in [0, 0.1) is 0 Å². The van der Waals surface area contributed by atoms with Gasteiger partial charge >= 0.3 is 0 Å². The Hall–Kier alpha value is -0.830. The van der Waals surface area contributed by atoms with E-state index >= 15 is 0 Å². The van der Waals surface area contributed by atoms with E-state index in [9.17, 15) is 0 Å². The SMILES string of the molecule is c1ncn(CCNC2CC2)c1C1CCC1. The van der Waals surface area contributed by atoms with Crippen LogP contribution in [-0.4, -0.2) is 22.1 Å². The van der Waals surface area contributed by atoms with E-state index in [4.69, 9.17) is 0 Å². The zero-order valence-corrected chi connectivity index (χ0v) is 9.15. The van der Waals surface area contributed by atoms with Gasteiger partial charge in [-0.05, 0) is 25.7 Å². The lowest BCUT2D eigenvalue weighted by atomic mass is 9.83. The number of rotatable bonds is 5. The second kappa shape index (κ2) is 3.97. The molecule has 0 bridgehead atoms. The molecule has 0 aliphatic heterocycles. The summed E-state index contributed by atoms with van der Waals surface area (Å²) in [5, 5.41) is 3.55. The quantitative estimate of drug-likeness (QED) is 0.795. The van der Waals surface area contributed by atoms with Crippen molar-refractivity contribution in [3.63, 3.8) is 0 Å². The minimum absolute atomic E-state index is 0.799. The van der Waals surface area contributed by atoms with E-state index in [0.29, 0.717) is 0 Å². The molecule has 15 heavy (non-hydrogen) atoms. The molecule has 3 rings (SSSR count). The highest BCUT2D eigenvalue weighted by Crippen LogP contribution is 2.35. The van der Waals surface area contributed by atoms with Crippen LogP contribution in [0.1, 0.15) is 43.7 Å². The van der Waals surface area contributed by atoms with Gasteiger partial charge in [0.05, 0.1) is 6.33 Å². The fraction of sp³-hybridized carbons (Fsp3) is 0.750. The lowest BCUT2D eigenvalue weighted by Crippen LogP contribution is -2.23. The van der Waals surface area contributed by atoms with Gasteiger partial charge in [-0.15, -0.1) is 0 Å². The first-order valence-electron chi connectivity index (χ1n) is 6.17. The van der Waals surface area contributed by atoms with Gasteiger partial charge in [-0.1, -0.05) is 6.42 Å². The van der Waals surface area contributed by atoms with Crippen LogP contribution in [0.25, 0.3) is 0 Å². The van der Waals surface area contributed by atoms with Crippen LogP contribution in [0.4, 0.5) is 0 Å². The Labute approximate surface area is 90.9 Å². The van der Waals surface area contributed by atoms with Gasteiger partial charge in [-0.2, -0.15) is 0 Å².